The number of rotatable bonds is 6. The summed E-state index contributed by atoms with van der Waals surface area (Å²) in [5.41, 5.74) is 0.994. The van der Waals surface area contributed by atoms with Crippen molar-refractivity contribution in [3.05, 3.63) is 24.0 Å². The van der Waals surface area contributed by atoms with Crippen LogP contribution in [0.3, 0.4) is 0 Å². The van der Waals surface area contributed by atoms with Gasteiger partial charge in [-0.1, -0.05) is 0 Å². The maximum absolute atomic E-state index is 12.0. The Bertz CT molecular complexity index is 818. The third-order valence-corrected chi connectivity index (χ3v) is 5.23. The van der Waals surface area contributed by atoms with Gasteiger partial charge in [-0.05, 0) is 45.1 Å². The molecule has 2 saturated carbocycles. The van der Waals surface area contributed by atoms with E-state index in [1.54, 1.807) is 19.3 Å². The Morgan fingerprint density at radius 1 is 1.33 bits per heavy atom. The molecule has 2 fully saturated rings. The molecule has 0 aromatic carbocycles. The number of nitrogens with one attached hydrogen (secondary N) is 4. The molecule has 2 atom stereocenters. The summed E-state index contributed by atoms with van der Waals surface area (Å²) in [7, 11) is 1.77. The number of hydrogen-bond acceptors (Lipinski definition) is 7. The number of anilines is 3. The molecule has 9 nitrogen and oxygen atoms in total. The Morgan fingerprint density at radius 2 is 2.19 bits per heavy atom. The number of hydrogen-bond donors (Lipinski definition) is 4. The predicted molar refractivity (Wildman–Crippen MR) is 101 cm³/mol. The van der Waals surface area contributed by atoms with Gasteiger partial charge >= 0.3 is 6.09 Å². The average Bonchev–Trinajstić information content (AvgIpc) is 3.02. The van der Waals surface area contributed by atoms with Gasteiger partial charge < -0.3 is 20.7 Å². The fourth-order valence-electron chi connectivity index (χ4n) is 3.36. The van der Waals surface area contributed by atoms with E-state index in [2.05, 4.69) is 36.1 Å². The number of carbonyl (C=O) groups excluding carboxylic acids is 1. The predicted octanol–water partition coefficient (Wildman–Crippen LogP) is 2.90. The number of aromatic amines is 1. The molecule has 0 saturated heterocycles. The van der Waals surface area contributed by atoms with Crippen LogP contribution in [0.15, 0.2) is 18.3 Å². The molecule has 2 heterocycles. The summed E-state index contributed by atoms with van der Waals surface area (Å²) in [5, 5.41) is 16.4. The van der Waals surface area contributed by atoms with Crippen LogP contribution in [-0.2, 0) is 4.74 Å². The van der Waals surface area contributed by atoms with Crippen LogP contribution in [0.2, 0.25) is 0 Å². The first-order chi connectivity index (χ1) is 13.0. The van der Waals surface area contributed by atoms with E-state index in [1.807, 2.05) is 13.0 Å². The second kappa shape index (κ2) is 7.05. The monoisotopic (exact) mass is 371 g/mol. The third kappa shape index (κ3) is 4.29. The summed E-state index contributed by atoms with van der Waals surface area (Å²) < 4.78 is 5.58. The molecule has 144 valence electrons. The van der Waals surface area contributed by atoms with Gasteiger partial charge in [0, 0.05) is 36.5 Å². The van der Waals surface area contributed by atoms with Gasteiger partial charge in [0.2, 0.25) is 5.95 Å². The quantitative estimate of drug-likeness (QED) is 0.617. The fourth-order valence-corrected chi connectivity index (χ4v) is 3.36. The smallest absolute Gasteiger partial charge is 0.407 e. The minimum Gasteiger partial charge on any atom is -0.446 e. The number of alkyl carbamates (subject to hydrolysis) is 1. The number of carbonyl (C=O) groups is 1. The van der Waals surface area contributed by atoms with E-state index in [9.17, 15) is 4.79 Å². The van der Waals surface area contributed by atoms with Gasteiger partial charge in [-0.3, -0.25) is 5.10 Å². The van der Waals surface area contributed by atoms with Crippen LogP contribution in [-0.4, -0.2) is 44.9 Å². The summed E-state index contributed by atoms with van der Waals surface area (Å²) in [4.78, 5) is 20.4. The Kier molecular flexibility index (Phi) is 4.59. The van der Waals surface area contributed by atoms with Gasteiger partial charge in [0.25, 0.3) is 0 Å². The lowest BCUT2D eigenvalue weighted by Crippen LogP contribution is -2.36. The Morgan fingerprint density at radius 3 is 2.96 bits per heavy atom. The van der Waals surface area contributed by atoms with Gasteiger partial charge in [-0.15, -0.1) is 0 Å². The molecule has 2 aliphatic carbocycles. The summed E-state index contributed by atoms with van der Waals surface area (Å²) in [6.07, 6.45) is 6.05. The fraction of sp³-hybridized carbons (Fsp3) is 0.556. The average molecular weight is 371 g/mol. The molecule has 0 spiro atoms. The molecule has 0 unspecified atom stereocenters. The summed E-state index contributed by atoms with van der Waals surface area (Å²) in [6.45, 7) is 2.04. The van der Waals surface area contributed by atoms with E-state index in [4.69, 9.17) is 4.74 Å². The lowest BCUT2D eigenvalue weighted by atomic mass is 10.0. The zero-order chi connectivity index (χ0) is 18.9. The van der Waals surface area contributed by atoms with E-state index >= 15 is 0 Å². The molecule has 0 radical (unpaired) electrons. The van der Waals surface area contributed by atoms with Crippen molar-refractivity contribution in [3.63, 3.8) is 0 Å². The van der Waals surface area contributed by atoms with E-state index in [-0.39, 0.29) is 17.7 Å². The topological polar surface area (TPSA) is 117 Å². The molecule has 2 aromatic heterocycles. The molecule has 2 aromatic rings. The molecular formula is C18H25N7O2. The second-order valence-corrected chi connectivity index (χ2v) is 7.57. The van der Waals surface area contributed by atoms with Crippen molar-refractivity contribution in [1.29, 1.82) is 0 Å². The van der Waals surface area contributed by atoms with Gasteiger partial charge in [0.15, 0.2) is 5.82 Å². The summed E-state index contributed by atoms with van der Waals surface area (Å²) in [5.74, 6) is 2.23. The number of amides is 1. The lowest BCUT2D eigenvalue weighted by Gasteiger charge is -2.16. The van der Waals surface area contributed by atoms with Gasteiger partial charge in [0.05, 0.1) is 0 Å². The van der Waals surface area contributed by atoms with E-state index in [0.29, 0.717) is 23.5 Å². The SMILES string of the molecule is CNc1nccc(Nc2cc([C@H]3CC[C@@H](OC(=O)NC4(C)CC4)C3)[nH]n2)n1. The van der Waals surface area contributed by atoms with Crippen molar-refractivity contribution >= 4 is 23.7 Å². The number of nitrogens with zero attached hydrogens (tertiary/aromatic N) is 3. The van der Waals surface area contributed by atoms with Crippen LogP contribution in [0.5, 0.6) is 0 Å². The third-order valence-electron chi connectivity index (χ3n) is 5.23. The summed E-state index contributed by atoms with van der Waals surface area (Å²) >= 11 is 0. The standard InChI is InChI=1S/C18H25N7O2/c1-18(6-7-18)23-17(26)27-12-4-3-11(9-12)13-10-15(25-24-13)21-14-5-8-20-16(19-2)22-14/h5,8,10-12H,3-4,6-7,9H2,1-2H3,(H,23,26)(H3,19,20,21,22,24,25)/t11-,12+/m0/s1. The van der Waals surface area contributed by atoms with Crippen molar-refractivity contribution < 1.29 is 9.53 Å². The maximum atomic E-state index is 12.0. The zero-order valence-corrected chi connectivity index (χ0v) is 15.6. The highest BCUT2D eigenvalue weighted by atomic mass is 16.6. The first kappa shape index (κ1) is 17.6. The van der Waals surface area contributed by atoms with Gasteiger partial charge in [0.1, 0.15) is 11.9 Å². The molecule has 4 rings (SSSR count). The molecule has 0 aliphatic heterocycles. The Balaban J connectivity index is 1.31. The molecule has 27 heavy (non-hydrogen) atoms. The first-order valence-electron chi connectivity index (χ1n) is 9.35. The van der Waals surface area contributed by atoms with Crippen LogP contribution in [0, 0.1) is 0 Å². The number of ether oxygens (including phenoxy) is 1. The van der Waals surface area contributed by atoms with Crippen LogP contribution in [0.25, 0.3) is 0 Å². The minimum atomic E-state index is -0.295. The van der Waals surface area contributed by atoms with Gasteiger partial charge in [-0.2, -0.15) is 10.1 Å². The highest BCUT2D eigenvalue weighted by Gasteiger charge is 2.40. The van der Waals surface area contributed by atoms with E-state index < -0.39 is 0 Å². The van der Waals surface area contributed by atoms with Crippen molar-refractivity contribution in [1.82, 2.24) is 25.5 Å². The van der Waals surface area contributed by atoms with E-state index in [1.165, 1.54) is 0 Å². The van der Waals surface area contributed by atoms with Crippen LogP contribution in [0.4, 0.5) is 22.4 Å². The first-order valence-corrected chi connectivity index (χ1v) is 9.35. The van der Waals surface area contributed by atoms with Gasteiger partial charge in [-0.25, -0.2) is 9.78 Å². The number of H-pyrrole nitrogens is 1. The molecule has 1 amide bonds. The van der Waals surface area contributed by atoms with Crippen LogP contribution in [0.1, 0.15) is 50.6 Å². The molecular weight excluding hydrogens is 346 g/mol. The van der Waals surface area contributed by atoms with Crippen molar-refractivity contribution in [3.8, 4) is 0 Å². The molecule has 4 N–H and O–H groups in total. The molecule has 2 aliphatic rings. The van der Waals surface area contributed by atoms with Crippen LogP contribution >= 0.6 is 0 Å². The molecule has 9 heteroatoms. The van der Waals surface area contributed by atoms with E-state index in [0.717, 1.165) is 37.8 Å². The van der Waals surface area contributed by atoms with Crippen molar-refractivity contribution in [2.75, 3.05) is 17.7 Å². The maximum Gasteiger partial charge on any atom is 0.407 e. The Hall–Kier alpha value is -2.84. The van der Waals surface area contributed by atoms with Crippen molar-refractivity contribution in [2.24, 2.45) is 0 Å². The lowest BCUT2D eigenvalue weighted by molar-refractivity contribution is 0.0967. The number of aromatic nitrogens is 4. The highest BCUT2D eigenvalue weighted by Crippen LogP contribution is 2.37. The minimum absolute atomic E-state index is 0.0443. The van der Waals surface area contributed by atoms with Crippen molar-refractivity contribution in [2.45, 2.75) is 56.6 Å². The second-order valence-electron chi connectivity index (χ2n) is 7.57. The largest absolute Gasteiger partial charge is 0.446 e. The van der Waals surface area contributed by atoms with Crippen LogP contribution < -0.4 is 16.0 Å². The Labute approximate surface area is 157 Å². The zero-order valence-electron chi connectivity index (χ0n) is 15.6. The molecule has 0 bridgehead atoms. The highest BCUT2D eigenvalue weighted by molar-refractivity contribution is 5.69. The summed E-state index contributed by atoms with van der Waals surface area (Å²) in [6, 6.07) is 3.77. The normalized spacial score (nSPS) is 22.9.